The van der Waals surface area contributed by atoms with Crippen molar-refractivity contribution in [2.75, 3.05) is 6.54 Å². The Hall–Kier alpha value is -2.02. The molecule has 1 heterocycles. The van der Waals surface area contributed by atoms with Gasteiger partial charge in [-0.15, -0.1) is 0 Å². The first-order chi connectivity index (χ1) is 10.4. The molecule has 8 heteroatoms. The van der Waals surface area contributed by atoms with Crippen molar-refractivity contribution in [1.82, 2.24) is 15.1 Å². The molecule has 0 spiro atoms. The molecule has 118 valence electrons. The third-order valence-electron chi connectivity index (χ3n) is 2.90. The smallest absolute Gasteiger partial charge is 0.354 e. The zero-order valence-corrected chi connectivity index (χ0v) is 12.2. The average molecular weight is 332 g/mol. The van der Waals surface area contributed by atoms with Crippen LogP contribution in [0.5, 0.6) is 0 Å². The highest BCUT2D eigenvalue weighted by Gasteiger charge is 2.33. The maximum Gasteiger partial charge on any atom is 0.435 e. The quantitative estimate of drug-likeness (QED) is 0.915. The van der Waals surface area contributed by atoms with Gasteiger partial charge in [0.1, 0.15) is 0 Å². The highest BCUT2D eigenvalue weighted by atomic mass is 35.5. The molecular formula is C14H13ClF3N3O. The van der Waals surface area contributed by atoms with E-state index in [2.05, 4.69) is 10.4 Å². The summed E-state index contributed by atoms with van der Waals surface area (Å²) in [5, 5.41) is 6.51. The molecule has 0 aliphatic heterocycles. The second-order valence-electron chi connectivity index (χ2n) is 4.58. The van der Waals surface area contributed by atoms with Crippen LogP contribution in [-0.2, 0) is 23.9 Å². The number of hydrogen-bond acceptors (Lipinski definition) is 2. The van der Waals surface area contributed by atoms with Crippen LogP contribution in [0.1, 0.15) is 11.3 Å². The first-order valence-electron chi connectivity index (χ1n) is 6.47. The molecule has 1 amide bonds. The van der Waals surface area contributed by atoms with E-state index in [1.807, 2.05) is 0 Å². The molecule has 0 saturated heterocycles. The normalized spacial score (nSPS) is 11.5. The molecular weight excluding hydrogens is 319 g/mol. The molecule has 0 saturated carbocycles. The number of nitrogens with one attached hydrogen (secondary N) is 1. The molecule has 1 aromatic carbocycles. The summed E-state index contributed by atoms with van der Waals surface area (Å²) in [6.07, 6.45) is -3.12. The molecule has 0 atom stereocenters. The minimum absolute atomic E-state index is 0.118. The zero-order valence-electron chi connectivity index (χ0n) is 11.4. The van der Waals surface area contributed by atoms with Gasteiger partial charge in [-0.05, 0) is 17.7 Å². The number of benzene rings is 1. The molecule has 1 N–H and O–H groups in total. The van der Waals surface area contributed by atoms with Crippen LogP contribution in [0.3, 0.4) is 0 Å². The van der Waals surface area contributed by atoms with Gasteiger partial charge < -0.3 is 5.32 Å². The minimum atomic E-state index is -4.46. The summed E-state index contributed by atoms with van der Waals surface area (Å²) in [4.78, 5) is 11.7. The third-order valence-corrected chi connectivity index (χ3v) is 3.27. The molecule has 0 aliphatic rings. The summed E-state index contributed by atoms with van der Waals surface area (Å²) in [6, 6.07) is 7.86. The highest BCUT2D eigenvalue weighted by Crippen LogP contribution is 2.27. The van der Waals surface area contributed by atoms with Crippen LogP contribution in [0.15, 0.2) is 36.5 Å². The Balaban J connectivity index is 1.80. The number of aromatic nitrogens is 2. The summed E-state index contributed by atoms with van der Waals surface area (Å²) in [5.41, 5.74) is -0.255. The van der Waals surface area contributed by atoms with E-state index in [1.54, 1.807) is 24.3 Å². The number of amides is 1. The number of halogens is 4. The topological polar surface area (TPSA) is 46.9 Å². The summed E-state index contributed by atoms with van der Waals surface area (Å²) in [5.74, 6) is -0.253. The van der Waals surface area contributed by atoms with E-state index in [1.165, 1.54) is 6.20 Å². The van der Waals surface area contributed by atoms with Gasteiger partial charge in [0.2, 0.25) is 5.91 Å². The van der Waals surface area contributed by atoms with Crippen molar-refractivity contribution in [3.8, 4) is 0 Å². The molecule has 0 aliphatic carbocycles. The Bertz CT molecular complexity index is 655. The molecule has 0 fully saturated rings. The lowest BCUT2D eigenvalue weighted by molar-refractivity contribution is -0.141. The summed E-state index contributed by atoms with van der Waals surface area (Å²) < 4.78 is 38.3. The Morgan fingerprint density at radius 1 is 1.27 bits per heavy atom. The first-order valence-corrected chi connectivity index (χ1v) is 6.85. The lowest BCUT2D eigenvalue weighted by atomic mass is 10.1. The number of alkyl halides is 3. The fraction of sp³-hybridized carbons (Fsp3) is 0.286. The minimum Gasteiger partial charge on any atom is -0.354 e. The van der Waals surface area contributed by atoms with Crippen LogP contribution in [0.2, 0.25) is 5.02 Å². The number of carbonyl (C=O) groups excluding carboxylic acids is 1. The van der Waals surface area contributed by atoms with E-state index >= 15 is 0 Å². The largest absolute Gasteiger partial charge is 0.435 e. The molecule has 22 heavy (non-hydrogen) atoms. The van der Waals surface area contributed by atoms with Crippen LogP contribution in [0.25, 0.3) is 0 Å². The van der Waals surface area contributed by atoms with E-state index in [0.29, 0.717) is 10.6 Å². The second kappa shape index (κ2) is 6.83. The fourth-order valence-electron chi connectivity index (χ4n) is 1.82. The predicted molar refractivity (Wildman–Crippen MR) is 75.4 cm³/mol. The second-order valence-corrected chi connectivity index (χ2v) is 4.99. The SMILES string of the molecule is O=C(Cc1ccccc1Cl)NCCn1ccc(C(F)(F)F)n1. The van der Waals surface area contributed by atoms with Gasteiger partial charge in [0.05, 0.1) is 13.0 Å². The first kappa shape index (κ1) is 16.4. The van der Waals surface area contributed by atoms with Crippen LogP contribution >= 0.6 is 11.6 Å². The van der Waals surface area contributed by atoms with Crippen molar-refractivity contribution in [3.05, 3.63) is 52.8 Å². The van der Waals surface area contributed by atoms with Gasteiger partial charge in [-0.3, -0.25) is 9.48 Å². The fourth-order valence-corrected chi connectivity index (χ4v) is 2.03. The Morgan fingerprint density at radius 2 is 2.00 bits per heavy atom. The monoisotopic (exact) mass is 331 g/mol. The van der Waals surface area contributed by atoms with Crippen LogP contribution in [0, 0.1) is 0 Å². The number of rotatable bonds is 5. The van der Waals surface area contributed by atoms with Crippen LogP contribution in [-0.4, -0.2) is 22.2 Å². The highest BCUT2D eigenvalue weighted by molar-refractivity contribution is 6.31. The summed E-state index contributed by atoms with van der Waals surface area (Å²) in [6.45, 7) is 0.340. The van der Waals surface area contributed by atoms with E-state index in [4.69, 9.17) is 11.6 Å². The number of carbonyl (C=O) groups is 1. The lowest BCUT2D eigenvalue weighted by Gasteiger charge is -2.07. The molecule has 2 rings (SSSR count). The van der Waals surface area contributed by atoms with Gasteiger partial charge in [-0.1, -0.05) is 29.8 Å². The molecule has 2 aromatic rings. The van der Waals surface area contributed by atoms with Gasteiger partial charge in [0.15, 0.2) is 5.69 Å². The Labute approximate surface area is 129 Å². The van der Waals surface area contributed by atoms with Gasteiger partial charge in [0, 0.05) is 17.8 Å². The molecule has 0 unspecified atom stereocenters. The maximum absolute atomic E-state index is 12.4. The van der Waals surface area contributed by atoms with Crippen molar-refractivity contribution >= 4 is 17.5 Å². The van der Waals surface area contributed by atoms with Crippen molar-refractivity contribution < 1.29 is 18.0 Å². The van der Waals surface area contributed by atoms with Gasteiger partial charge in [-0.25, -0.2) is 0 Å². The van der Waals surface area contributed by atoms with Crippen molar-refractivity contribution in [1.29, 1.82) is 0 Å². The number of nitrogens with zero attached hydrogens (tertiary/aromatic N) is 2. The average Bonchev–Trinajstić information content (AvgIpc) is 2.90. The predicted octanol–water partition coefficient (Wildman–Crippen LogP) is 2.91. The van der Waals surface area contributed by atoms with Gasteiger partial charge >= 0.3 is 6.18 Å². The molecule has 1 aromatic heterocycles. The summed E-state index contributed by atoms with van der Waals surface area (Å²) >= 11 is 5.94. The van der Waals surface area contributed by atoms with Crippen molar-refractivity contribution in [2.24, 2.45) is 0 Å². The Kier molecular flexibility index (Phi) is 5.07. The third kappa shape index (κ3) is 4.49. The lowest BCUT2D eigenvalue weighted by Crippen LogP contribution is -2.28. The summed E-state index contributed by atoms with van der Waals surface area (Å²) in [7, 11) is 0. The van der Waals surface area contributed by atoms with E-state index in [0.717, 1.165) is 10.7 Å². The van der Waals surface area contributed by atoms with E-state index in [9.17, 15) is 18.0 Å². The van der Waals surface area contributed by atoms with Gasteiger partial charge in [-0.2, -0.15) is 18.3 Å². The van der Waals surface area contributed by atoms with Crippen molar-refractivity contribution in [3.63, 3.8) is 0 Å². The maximum atomic E-state index is 12.4. The van der Waals surface area contributed by atoms with E-state index in [-0.39, 0.29) is 25.4 Å². The van der Waals surface area contributed by atoms with Crippen LogP contribution in [0.4, 0.5) is 13.2 Å². The van der Waals surface area contributed by atoms with Crippen LogP contribution < -0.4 is 5.32 Å². The molecule has 4 nitrogen and oxygen atoms in total. The molecule has 0 bridgehead atoms. The van der Waals surface area contributed by atoms with Crippen molar-refractivity contribution in [2.45, 2.75) is 19.1 Å². The molecule has 0 radical (unpaired) electrons. The number of hydrogen-bond donors (Lipinski definition) is 1. The van der Waals surface area contributed by atoms with Gasteiger partial charge in [0.25, 0.3) is 0 Å². The standard InChI is InChI=1S/C14H13ClF3N3O/c15-11-4-2-1-3-10(11)9-13(22)19-6-8-21-7-5-12(20-21)14(16,17)18/h1-5,7H,6,8-9H2,(H,19,22). The van der Waals surface area contributed by atoms with E-state index < -0.39 is 11.9 Å². The Morgan fingerprint density at radius 3 is 2.64 bits per heavy atom. The zero-order chi connectivity index (χ0) is 16.2.